The van der Waals surface area contributed by atoms with Crippen molar-refractivity contribution >= 4 is 45.4 Å². The van der Waals surface area contributed by atoms with E-state index in [9.17, 15) is 33.5 Å². The molecule has 0 bridgehead atoms. The smallest absolute Gasteiger partial charge is 0.341 e. The van der Waals surface area contributed by atoms with Crippen molar-refractivity contribution in [3.8, 4) is 0 Å². The molecule has 332 valence electrons. The fourth-order valence-corrected chi connectivity index (χ4v) is 10.2. The SMILES string of the molecule is CC(C)(C)OC(=O)C[C@]1(C)CNCC12CC2.Cc1c(F)ccc2c(=O)c(C(=O)O)cn(C3CC3)c12.Cc1c(N2CC3(CC3)[C@](C)(N)C2)ccc2c(=O)c(C(=O)O)cn(C3CC3)c12. The average molecular weight is 854 g/mol. The Kier molecular flexibility index (Phi) is 10.6. The van der Waals surface area contributed by atoms with Crippen LogP contribution < -0.4 is 26.8 Å². The molecule has 13 nitrogen and oxygen atoms in total. The van der Waals surface area contributed by atoms with E-state index in [-0.39, 0.29) is 62.4 Å². The summed E-state index contributed by atoms with van der Waals surface area (Å²) >= 11 is 0. The van der Waals surface area contributed by atoms with E-state index in [2.05, 4.69) is 24.1 Å². The molecule has 0 amide bonds. The predicted molar refractivity (Wildman–Crippen MR) is 236 cm³/mol. The van der Waals surface area contributed by atoms with Gasteiger partial charge in [-0.05, 0) is 134 Å². The van der Waals surface area contributed by atoms with Crippen LogP contribution in [0.25, 0.3) is 21.8 Å². The topological polar surface area (TPSA) is 186 Å². The van der Waals surface area contributed by atoms with Gasteiger partial charge in [-0.2, -0.15) is 0 Å². The lowest BCUT2D eigenvalue weighted by Crippen LogP contribution is -2.45. The molecule has 2 atom stereocenters. The number of hydrogen-bond donors (Lipinski definition) is 4. The summed E-state index contributed by atoms with van der Waals surface area (Å²) in [7, 11) is 0. The predicted octanol–water partition coefficient (Wildman–Crippen LogP) is 7.25. The Morgan fingerprint density at radius 2 is 1.29 bits per heavy atom. The number of rotatable bonds is 7. The van der Waals surface area contributed by atoms with Crippen molar-refractivity contribution in [2.24, 2.45) is 22.0 Å². The number of esters is 1. The Hall–Kier alpha value is -5.08. The van der Waals surface area contributed by atoms with Gasteiger partial charge in [0.25, 0.3) is 0 Å². The van der Waals surface area contributed by atoms with Crippen LogP contribution in [0.2, 0.25) is 0 Å². The fraction of sp³-hybridized carbons (Fsp3) is 0.562. The summed E-state index contributed by atoms with van der Waals surface area (Å²) in [5.74, 6) is -2.84. The molecule has 5 N–H and O–H groups in total. The van der Waals surface area contributed by atoms with Gasteiger partial charge in [0.2, 0.25) is 10.9 Å². The van der Waals surface area contributed by atoms with Gasteiger partial charge in [-0.1, -0.05) is 6.92 Å². The first-order chi connectivity index (χ1) is 29.0. The van der Waals surface area contributed by atoms with Gasteiger partial charge in [0.15, 0.2) is 0 Å². The number of carboxylic acid groups (broad SMARTS) is 2. The molecule has 6 aliphatic rings. The third-order valence-electron chi connectivity index (χ3n) is 14.6. The van der Waals surface area contributed by atoms with Gasteiger partial charge < -0.3 is 40.0 Å². The van der Waals surface area contributed by atoms with Crippen molar-refractivity contribution in [3.63, 3.8) is 0 Å². The molecule has 2 aromatic carbocycles. The zero-order valence-electron chi connectivity index (χ0n) is 37.0. The molecular formula is C48H60FN5O8. The second kappa shape index (κ2) is 15.0. The number of pyridine rings is 2. The summed E-state index contributed by atoms with van der Waals surface area (Å²) in [6.45, 7) is 17.6. The molecular weight excluding hydrogens is 794 g/mol. The molecule has 6 fully saturated rings. The maximum Gasteiger partial charge on any atom is 0.341 e. The highest BCUT2D eigenvalue weighted by molar-refractivity contribution is 5.95. The number of benzene rings is 2. The molecule has 0 unspecified atom stereocenters. The molecule has 14 heteroatoms. The lowest BCUT2D eigenvalue weighted by Gasteiger charge is -2.31. The molecule has 62 heavy (non-hydrogen) atoms. The van der Waals surface area contributed by atoms with Crippen molar-refractivity contribution in [3.05, 3.63) is 85.2 Å². The zero-order chi connectivity index (χ0) is 44.9. The second-order valence-corrected chi connectivity index (χ2v) is 20.6. The van der Waals surface area contributed by atoms with Gasteiger partial charge in [0.1, 0.15) is 22.5 Å². The molecule has 2 aromatic heterocycles. The molecule has 4 aromatic rings. The number of aryl methyl sites for hydroxylation is 2. The Morgan fingerprint density at radius 1 is 0.790 bits per heavy atom. The van der Waals surface area contributed by atoms with Crippen LogP contribution in [0, 0.1) is 35.9 Å². The highest BCUT2D eigenvalue weighted by atomic mass is 19.1. The fourth-order valence-electron chi connectivity index (χ4n) is 10.2. The minimum atomic E-state index is -1.25. The number of carbonyl (C=O) groups is 3. The van der Waals surface area contributed by atoms with Gasteiger partial charge >= 0.3 is 17.9 Å². The van der Waals surface area contributed by atoms with Crippen LogP contribution >= 0.6 is 0 Å². The van der Waals surface area contributed by atoms with E-state index < -0.39 is 22.8 Å². The van der Waals surface area contributed by atoms with Crippen molar-refractivity contribution in [2.75, 3.05) is 31.1 Å². The number of aromatic carboxylic acids is 2. The van der Waals surface area contributed by atoms with E-state index >= 15 is 0 Å². The molecule has 4 saturated carbocycles. The first kappa shape index (κ1) is 43.6. The Balaban J connectivity index is 0.000000134. The molecule has 4 heterocycles. The van der Waals surface area contributed by atoms with Crippen molar-refractivity contribution in [1.29, 1.82) is 0 Å². The van der Waals surface area contributed by atoms with Gasteiger partial charge in [0, 0.05) is 83.6 Å². The number of carbonyl (C=O) groups excluding carboxylic acids is 1. The van der Waals surface area contributed by atoms with Crippen LogP contribution in [0.15, 0.2) is 46.2 Å². The maximum absolute atomic E-state index is 13.7. The van der Waals surface area contributed by atoms with Gasteiger partial charge in [-0.3, -0.25) is 14.4 Å². The minimum absolute atomic E-state index is 0.0509. The first-order valence-corrected chi connectivity index (χ1v) is 22.0. The quantitative estimate of drug-likeness (QED) is 0.137. The molecule has 4 aliphatic carbocycles. The van der Waals surface area contributed by atoms with Gasteiger partial charge in [0.05, 0.1) is 17.5 Å². The number of halogens is 1. The summed E-state index contributed by atoms with van der Waals surface area (Å²) < 4.78 is 22.8. The summed E-state index contributed by atoms with van der Waals surface area (Å²) in [5, 5.41) is 22.7. The standard InChI is InChI=1S/C21H25N3O3.C14H12FNO3.C13H23NO2/c1-12-16(23-10-20(2,22)21(11-23)7-8-21)6-5-14-17(12)24(13-3-4-13)9-15(18(14)25)19(26)27;1-7-11(15)5-4-9-12(7)16(8-2-3-8)6-10(13(9)17)14(18)19;1-11(2,3)16-10(15)7-12(4)8-14-9-13(12)5-6-13/h5-6,9,13H,3-4,7-8,10-11,22H2,1-2H3,(H,26,27);4-6,8H,2-3H2,1H3,(H,18,19);14H,5-9H2,1-4H3/t20-;;12-/m1.1/s1. The van der Waals surface area contributed by atoms with Gasteiger partial charge in [-0.15, -0.1) is 0 Å². The summed E-state index contributed by atoms with van der Waals surface area (Å²) in [6.07, 6.45) is 12.2. The Labute approximate surface area is 360 Å². The first-order valence-electron chi connectivity index (χ1n) is 22.0. The van der Waals surface area contributed by atoms with E-state index in [1.807, 2.05) is 38.3 Å². The maximum atomic E-state index is 13.7. The van der Waals surface area contributed by atoms with Crippen LogP contribution in [0.5, 0.6) is 0 Å². The van der Waals surface area contributed by atoms with Crippen molar-refractivity contribution in [1.82, 2.24) is 14.5 Å². The Morgan fingerprint density at radius 3 is 1.74 bits per heavy atom. The normalized spacial score (nSPS) is 24.1. The number of hydrogen-bond acceptors (Lipinski definition) is 9. The lowest BCUT2D eigenvalue weighted by molar-refractivity contribution is -0.158. The summed E-state index contributed by atoms with van der Waals surface area (Å²) in [6, 6.07) is 6.80. The van der Waals surface area contributed by atoms with E-state index in [1.165, 1.54) is 44.0 Å². The van der Waals surface area contributed by atoms with Crippen LogP contribution in [0.3, 0.4) is 0 Å². The van der Waals surface area contributed by atoms with Crippen molar-refractivity contribution < 1.29 is 33.7 Å². The third kappa shape index (κ3) is 7.82. The lowest BCUT2D eigenvalue weighted by atomic mass is 9.74. The van der Waals surface area contributed by atoms with E-state index in [4.69, 9.17) is 15.6 Å². The number of anilines is 1. The largest absolute Gasteiger partial charge is 0.477 e. The monoisotopic (exact) mass is 853 g/mol. The Bertz CT molecular complexity index is 2640. The number of carboxylic acids is 2. The number of nitrogens with one attached hydrogen (secondary N) is 1. The second-order valence-electron chi connectivity index (χ2n) is 20.6. The molecule has 2 aliphatic heterocycles. The molecule has 2 saturated heterocycles. The summed E-state index contributed by atoms with van der Waals surface area (Å²) in [4.78, 5) is 61.8. The van der Waals surface area contributed by atoms with Crippen LogP contribution in [-0.4, -0.2) is 74.6 Å². The van der Waals surface area contributed by atoms with E-state index in [0.717, 1.165) is 68.6 Å². The highest BCUT2D eigenvalue weighted by Gasteiger charge is 2.61. The molecule has 10 rings (SSSR count). The third-order valence-corrected chi connectivity index (χ3v) is 14.6. The highest BCUT2D eigenvalue weighted by Crippen LogP contribution is 2.62. The van der Waals surface area contributed by atoms with Crippen LogP contribution in [0.1, 0.15) is 136 Å². The number of nitrogens with zero attached hydrogens (tertiary/aromatic N) is 3. The molecule has 0 radical (unpaired) electrons. The van der Waals surface area contributed by atoms with Gasteiger partial charge in [-0.25, -0.2) is 14.0 Å². The van der Waals surface area contributed by atoms with Crippen LogP contribution in [-0.2, 0) is 9.53 Å². The zero-order valence-corrected chi connectivity index (χ0v) is 37.0. The molecule has 2 spiro atoms. The van der Waals surface area contributed by atoms with E-state index in [0.29, 0.717) is 28.3 Å². The number of ether oxygens (including phenoxy) is 1. The number of fused-ring (bicyclic) bond motifs is 2. The minimum Gasteiger partial charge on any atom is -0.477 e. The number of nitrogens with two attached hydrogens (primary N) is 1. The van der Waals surface area contributed by atoms with E-state index in [1.54, 1.807) is 23.8 Å². The summed E-state index contributed by atoms with van der Waals surface area (Å²) in [5.41, 5.74) is 9.35. The number of aromatic nitrogens is 2. The van der Waals surface area contributed by atoms with Crippen LogP contribution in [0.4, 0.5) is 10.1 Å². The van der Waals surface area contributed by atoms with Crippen molar-refractivity contribution in [2.45, 2.75) is 129 Å². The average Bonchev–Trinajstić information content (AvgIpc) is 3.98.